The SMILES string of the molecule is CC(C)(CN)NS(=O)(=O)c1ccc(Cl)cc1Cl. The normalized spacial score (nSPS) is 12.8. The third-order valence-electron chi connectivity index (χ3n) is 2.10. The lowest BCUT2D eigenvalue weighted by atomic mass is 10.1. The smallest absolute Gasteiger partial charge is 0.242 e. The number of hydrogen-bond acceptors (Lipinski definition) is 3. The van der Waals surface area contributed by atoms with E-state index in [9.17, 15) is 8.42 Å². The van der Waals surface area contributed by atoms with E-state index in [1.54, 1.807) is 13.8 Å². The molecule has 7 heteroatoms. The Bertz CT molecular complexity index is 515. The lowest BCUT2D eigenvalue weighted by Gasteiger charge is -2.24. The minimum absolute atomic E-state index is 0.00917. The molecule has 0 fully saturated rings. The van der Waals surface area contributed by atoms with Crippen LogP contribution >= 0.6 is 23.2 Å². The van der Waals surface area contributed by atoms with Crippen LogP contribution in [0.25, 0.3) is 0 Å². The van der Waals surface area contributed by atoms with E-state index in [-0.39, 0.29) is 16.5 Å². The summed E-state index contributed by atoms with van der Waals surface area (Å²) in [6.07, 6.45) is 0. The van der Waals surface area contributed by atoms with Crippen LogP contribution in [0.3, 0.4) is 0 Å². The van der Waals surface area contributed by atoms with Crippen LogP contribution in [0.5, 0.6) is 0 Å². The third kappa shape index (κ3) is 3.82. The minimum atomic E-state index is -3.70. The Balaban J connectivity index is 3.14. The summed E-state index contributed by atoms with van der Waals surface area (Å²) in [6, 6.07) is 4.21. The maximum Gasteiger partial charge on any atom is 0.242 e. The van der Waals surface area contributed by atoms with Crippen molar-refractivity contribution in [3.05, 3.63) is 28.2 Å². The number of hydrogen-bond donors (Lipinski definition) is 2. The van der Waals surface area contributed by atoms with E-state index in [4.69, 9.17) is 28.9 Å². The molecule has 0 saturated heterocycles. The van der Waals surface area contributed by atoms with Gasteiger partial charge in [-0.15, -0.1) is 0 Å². The van der Waals surface area contributed by atoms with Gasteiger partial charge in [-0.2, -0.15) is 0 Å². The molecule has 0 aliphatic rings. The van der Waals surface area contributed by atoms with E-state index in [0.717, 1.165) is 0 Å². The Morgan fingerprint density at radius 3 is 2.41 bits per heavy atom. The van der Waals surface area contributed by atoms with Crippen LogP contribution in [0.4, 0.5) is 0 Å². The van der Waals surface area contributed by atoms with Gasteiger partial charge < -0.3 is 5.73 Å². The highest BCUT2D eigenvalue weighted by Gasteiger charge is 2.26. The molecule has 96 valence electrons. The van der Waals surface area contributed by atoms with Gasteiger partial charge in [-0.25, -0.2) is 13.1 Å². The fourth-order valence-corrected chi connectivity index (χ4v) is 3.35. The van der Waals surface area contributed by atoms with Crippen molar-refractivity contribution in [2.45, 2.75) is 24.3 Å². The molecule has 17 heavy (non-hydrogen) atoms. The Labute approximate surface area is 111 Å². The van der Waals surface area contributed by atoms with Gasteiger partial charge in [0.25, 0.3) is 0 Å². The van der Waals surface area contributed by atoms with Gasteiger partial charge >= 0.3 is 0 Å². The summed E-state index contributed by atoms with van der Waals surface area (Å²) in [4.78, 5) is -0.00917. The zero-order chi connectivity index (χ0) is 13.3. The van der Waals surface area contributed by atoms with Crippen molar-refractivity contribution in [1.29, 1.82) is 0 Å². The van der Waals surface area contributed by atoms with Crippen molar-refractivity contribution < 1.29 is 8.42 Å². The Hall–Kier alpha value is -0.330. The van der Waals surface area contributed by atoms with Crippen LogP contribution in [-0.2, 0) is 10.0 Å². The number of sulfonamides is 1. The predicted octanol–water partition coefficient (Wildman–Crippen LogP) is 2.01. The molecule has 0 aromatic heterocycles. The molecule has 0 bridgehead atoms. The topological polar surface area (TPSA) is 72.2 Å². The first-order chi connectivity index (χ1) is 7.68. The molecule has 0 unspecified atom stereocenters. The standard InChI is InChI=1S/C10H14Cl2N2O2S/c1-10(2,6-13)14-17(15,16)9-4-3-7(11)5-8(9)12/h3-5,14H,6,13H2,1-2H3. The van der Waals surface area contributed by atoms with Crippen molar-refractivity contribution in [2.75, 3.05) is 6.54 Å². The average Bonchev–Trinajstić information content (AvgIpc) is 2.15. The first-order valence-corrected chi connectivity index (χ1v) is 7.11. The van der Waals surface area contributed by atoms with Crippen LogP contribution in [0.15, 0.2) is 23.1 Å². The summed E-state index contributed by atoms with van der Waals surface area (Å²) < 4.78 is 26.6. The van der Waals surface area contributed by atoms with Crippen molar-refractivity contribution in [1.82, 2.24) is 4.72 Å². The number of rotatable bonds is 4. The Morgan fingerprint density at radius 1 is 1.35 bits per heavy atom. The fraction of sp³-hybridized carbons (Fsp3) is 0.400. The second-order valence-corrected chi connectivity index (χ2v) is 6.76. The lowest BCUT2D eigenvalue weighted by Crippen LogP contribution is -2.48. The number of benzene rings is 1. The van der Waals surface area contributed by atoms with E-state index >= 15 is 0 Å². The molecule has 0 radical (unpaired) electrons. The number of nitrogens with one attached hydrogen (secondary N) is 1. The maximum absolute atomic E-state index is 12.0. The van der Waals surface area contributed by atoms with E-state index in [1.165, 1.54) is 18.2 Å². The molecule has 1 aromatic rings. The summed E-state index contributed by atoms with van der Waals surface area (Å²) in [5, 5.41) is 0.463. The molecule has 0 atom stereocenters. The Kier molecular flexibility index (Phi) is 4.43. The van der Waals surface area contributed by atoms with E-state index in [1.807, 2.05) is 0 Å². The van der Waals surface area contributed by atoms with Gasteiger partial charge in [0.2, 0.25) is 10.0 Å². The molecule has 1 rings (SSSR count). The highest BCUT2D eigenvalue weighted by atomic mass is 35.5. The van der Waals surface area contributed by atoms with Gasteiger partial charge in [0.05, 0.1) is 5.02 Å². The van der Waals surface area contributed by atoms with Crippen molar-refractivity contribution in [3.63, 3.8) is 0 Å². The van der Waals surface area contributed by atoms with Crippen molar-refractivity contribution in [2.24, 2.45) is 5.73 Å². The zero-order valence-corrected chi connectivity index (χ0v) is 11.8. The molecule has 0 heterocycles. The van der Waals surface area contributed by atoms with Gasteiger partial charge in [0.1, 0.15) is 4.90 Å². The molecular formula is C10H14Cl2N2O2S. The second kappa shape index (κ2) is 5.12. The maximum atomic E-state index is 12.0. The molecule has 0 spiro atoms. The molecule has 0 saturated carbocycles. The largest absolute Gasteiger partial charge is 0.329 e. The average molecular weight is 297 g/mol. The number of halogens is 2. The molecular weight excluding hydrogens is 283 g/mol. The van der Waals surface area contributed by atoms with Crippen molar-refractivity contribution in [3.8, 4) is 0 Å². The van der Waals surface area contributed by atoms with Crippen LogP contribution in [0.2, 0.25) is 10.0 Å². The van der Waals surface area contributed by atoms with Crippen LogP contribution in [0.1, 0.15) is 13.8 Å². The molecule has 3 N–H and O–H groups in total. The lowest BCUT2D eigenvalue weighted by molar-refractivity contribution is 0.462. The Morgan fingerprint density at radius 2 is 1.94 bits per heavy atom. The summed E-state index contributed by atoms with van der Waals surface area (Å²) in [5.41, 5.74) is 4.74. The van der Waals surface area contributed by atoms with Gasteiger partial charge in [-0.3, -0.25) is 0 Å². The highest BCUT2D eigenvalue weighted by Crippen LogP contribution is 2.25. The summed E-state index contributed by atoms with van der Waals surface area (Å²) in [7, 11) is -3.70. The summed E-state index contributed by atoms with van der Waals surface area (Å²) >= 11 is 11.6. The van der Waals surface area contributed by atoms with Crippen LogP contribution in [0, 0.1) is 0 Å². The summed E-state index contributed by atoms with van der Waals surface area (Å²) in [5.74, 6) is 0. The third-order valence-corrected chi connectivity index (χ3v) is 4.52. The molecule has 4 nitrogen and oxygen atoms in total. The summed E-state index contributed by atoms with van der Waals surface area (Å²) in [6.45, 7) is 3.56. The van der Waals surface area contributed by atoms with Gasteiger partial charge in [0.15, 0.2) is 0 Å². The molecule has 0 aliphatic heterocycles. The van der Waals surface area contributed by atoms with E-state index in [0.29, 0.717) is 5.02 Å². The zero-order valence-electron chi connectivity index (χ0n) is 9.50. The second-order valence-electron chi connectivity index (χ2n) is 4.27. The predicted molar refractivity (Wildman–Crippen MR) is 69.9 cm³/mol. The van der Waals surface area contributed by atoms with Crippen LogP contribution in [-0.4, -0.2) is 20.5 Å². The van der Waals surface area contributed by atoms with Crippen molar-refractivity contribution >= 4 is 33.2 Å². The first-order valence-electron chi connectivity index (χ1n) is 4.87. The minimum Gasteiger partial charge on any atom is -0.329 e. The van der Waals surface area contributed by atoms with Gasteiger partial charge in [0, 0.05) is 17.1 Å². The molecule has 0 aliphatic carbocycles. The highest BCUT2D eigenvalue weighted by molar-refractivity contribution is 7.89. The first kappa shape index (κ1) is 14.7. The molecule has 0 amide bonds. The fourth-order valence-electron chi connectivity index (χ4n) is 1.15. The monoisotopic (exact) mass is 296 g/mol. The van der Waals surface area contributed by atoms with Crippen LogP contribution < -0.4 is 10.5 Å². The van der Waals surface area contributed by atoms with Gasteiger partial charge in [-0.05, 0) is 32.0 Å². The molecule has 1 aromatic carbocycles. The van der Waals surface area contributed by atoms with E-state index in [2.05, 4.69) is 4.72 Å². The quantitative estimate of drug-likeness (QED) is 0.893. The van der Waals surface area contributed by atoms with Gasteiger partial charge in [-0.1, -0.05) is 23.2 Å². The number of nitrogens with two attached hydrogens (primary N) is 1. The van der Waals surface area contributed by atoms with E-state index < -0.39 is 15.6 Å².